The Morgan fingerprint density at radius 3 is 2.55 bits per heavy atom. The number of alkyl halides is 2. The Labute approximate surface area is 68.1 Å². The summed E-state index contributed by atoms with van der Waals surface area (Å²) in [6, 6.07) is 0. The molecule has 1 aliphatic rings. The smallest absolute Gasteiger partial charge is 0.316 e. The van der Waals surface area contributed by atoms with Gasteiger partial charge in [0.2, 0.25) is 6.43 Å². The van der Waals surface area contributed by atoms with Crippen LogP contribution in [0.1, 0.15) is 6.42 Å². The molecule has 0 atom stereocenters. The van der Waals surface area contributed by atoms with Crippen molar-refractivity contribution >= 4 is 17.0 Å². The maximum Gasteiger partial charge on any atom is 0.316 e. The van der Waals surface area contributed by atoms with Crippen LogP contribution < -0.4 is 0 Å². The zero-order valence-electron chi connectivity index (χ0n) is 5.77. The van der Waals surface area contributed by atoms with Crippen LogP contribution in [0.25, 0.3) is 0 Å². The molecule has 0 radical (unpaired) electrons. The molecule has 1 saturated heterocycles. The van der Waals surface area contributed by atoms with Crippen molar-refractivity contribution in [3.8, 4) is 0 Å². The molecule has 5 heteroatoms. The summed E-state index contributed by atoms with van der Waals surface area (Å²) >= 11 is 5.08. The predicted molar refractivity (Wildman–Crippen MR) is 36.9 cm³/mol. The van der Waals surface area contributed by atoms with Crippen molar-refractivity contribution in [2.24, 2.45) is 5.92 Å². The molecule has 1 fully saturated rings. The SMILES string of the molecule is O=C(Cl)N1CC(CC(F)F)C1. The second-order valence-electron chi connectivity index (χ2n) is 2.65. The number of nitrogens with zero attached hydrogens (tertiary/aromatic N) is 1. The molecule has 1 amide bonds. The van der Waals surface area contributed by atoms with Gasteiger partial charge < -0.3 is 4.90 Å². The molecule has 0 spiro atoms. The van der Waals surface area contributed by atoms with Gasteiger partial charge in [0, 0.05) is 19.5 Å². The Hall–Kier alpha value is -0.380. The van der Waals surface area contributed by atoms with E-state index in [-0.39, 0.29) is 12.3 Å². The van der Waals surface area contributed by atoms with Gasteiger partial charge in [-0.15, -0.1) is 0 Å². The number of hydrogen-bond acceptors (Lipinski definition) is 1. The van der Waals surface area contributed by atoms with Crippen molar-refractivity contribution in [3.05, 3.63) is 0 Å². The van der Waals surface area contributed by atoms with E-state index in [4.69, 9.17) is 11.6 Å². The monoisotopic (exact) mass is 183 g/mol. The van der Waals surface area contributed by atoms with Gasteiger partial charge >= 0.3 is 5.37 Å². The third-order valence-corrected chi connectivity index (χ3v) is 1.96. The summed E-state index contributed by atoms with van der Waals surface area (Å²) in [5.41, 5.74) is 0. The van der Waals surface area contributed by atoms with Crippen molar-refractivity contribution in [2.45, 2.75) is 12.8 Å². The second-order valence-corrected chi connectivity index (χ2v) is 2.97. The van der Waals surface area contributed by atoms with Crippen LogP contribution in [0.3, 0.4) is 0 Å². The summed E-state index contributed by atoms with van der Waals surface area (Å²) in [5, 5.41) is -0.546. The quantitative estimate of drug-likeness (QED) is 0.473. The minimum Gasteiger partial charge on any atom is -0.329 e. The van der Waals surface area contributed by atoms with Crippen LogP contribution in [0.15, 0.2) is 0 Å². The fourth-order valence-corrected chi connectivity index (χ4v) is 1.25. The summed E-state index contributed by atoms with van der Waals surface area (Å²) in [6.07, 6.45) is -2.40. The summed E-state index contributed by atoms with van der Waals surface area (Å²) in [4.78, 5) is 11.7. The lowest BCUT2D eigenvalue weighted by Gasteiger charge is -2.37. The van der Waals surface area contributed by atoms with E-state index in [9.17, 15) is 13.6 Å². The van der Waals surface area contributed by atoms with Gasteiger partial charge in [-0.2, -0.15) is 0 Å². The molecule has 1 heterocycles. The van der Waals surface area contributed by atoms with Gasteiger partial charge in [0.1, 0.15) is 0 Å². The van der Waals surface area contributed by atoms with E-state index < -0.39 is 11.8 Å². The first kappa shape index (κ1) is 8.71. The molecule has 1 rings (SSSR count). The summed E-state index contributed by atoms with van der Waals surface area (Å²) in [5.74, 6) is -0.0577. The fraction of sp³-hybridized carbons (Fsp3) is 0.833. The van der Waals surface area contributed by atoms with E-state index >= 15 is 0 Å². The van der Waals surface area contributed by atoms with E-state index in [1.165, 1.54) is 4.90 Å². The maximum absolute atomic E-state index is 11.7. The Bertz CT molecular complexity index is 159. The first-order chi connectivity index (χ1) is 5.09. The molecule has 0 aromatic carbocycles. The normalized spacial score (nSPS) is 18.7. The fourth-order valence-electron chi connectivity index (χ4n) is 1.11. The summed E-state index contributed by atoms with van der Waals surface area (Å²) < 4.78 is 23.4. The van der Waals surface area contributed by atoms with Crippen molar-refractivity contribution in [1.82, 2.24) is 4.90 Å². The Morgan fingerprint density at radius 1 is 1.64 bits per heavy atom. The van der Waals surface area contributed by atoms with Gasteiger partial charge in [0.25, 0.3) is 0 Å². The van der Waals surface area contributed by atoms with Gasteiger partial charge in [-0.25, -0.2) is 8.78 Å². The summed E-state index contributed by atoms with van der Waals surface area (Å²) in [7, 11) is 0. The van der Waals surface area contributed by atoms with Crippen molar-refractivity contribution in [1.29, 1.82) is 0 Å². The third kappa shape index (κ3) is 2.29. The lowest BCUT2D eigenvalue weighted by molar-refractivity contribution is 0.0599. The molecule has 0 saturated carbocycles. The molecule has 0 aliphatic carbocycles. The predicted octanol–water partition coefficient (Wildman–Crippen LogP) is 1.93. The van der Waals surface area contributed by atoms with E-state index in [2.05, 4.69) is 0 Å². The molecule has 0 N–H and O–H groups in total. The number of carbonyl (C=O) groups is 1. The highest BCUT2D eigenvalue weighted by molar-refractivity contribution is 6.62. The Kier molecular flexibility index (Phi) is 2.65. The zero-order valence-corrected chi connectivity index (χ0v) is 6.52. The Morgan fingerprint density at radius 2 is 2.18 bits per heavy atom. The van der Waals surface area contributed by atoms with Crippen LogP contribution in [-0.4, -0.2) is 29.8 Å². The van der Waals surface area contributed by atoms with E-state index in [0.717, 1.165) is 0 Å². The highest BCUT2D eigenvalue weighted by Gasteiger charge is 2.31. The third-order valence-electron chi connectivity index (χ3n) is 1.72. The highest BCUT2D eigenvalue weighted by atomic mass is 35.5. The van der Waals surface area contributed by atoms with Gasteiger partial charge in [-0.05, 0) is 17.5 Å². The minimum absolute atomic E-state index is 0.0577. The van der Waals surface area contributed by atoms with Crippen LogP contribution in [0.4, 0.5) is 13.6 Å². The number of carbonyl (C=O) groups excluding carboxylic acids is 1. The lowest BCUT2D eigenvalue weighted by atomic mass is 9.98. The van der Waals surface area contributed by atoms with Crippen molar-refractivity contribution in [2.75, 3.05) is 13.1 Å². The Balaban J connectivity index is 2.14. The van der Waals surface area contributed by atoms with Crippen LogP contribution >= 0.6 is 11.6 Å². The van der Waals surface area contributed by atoms with Crippen LogP contribution in [0.2, 0.25) is 0 Å². The first-order valence-corrected chi connectivity index (χ1v) is 3.70. The molecular formula is C6H8ClF2NO. The van der Waals surface area contributed by atoms with Gasteiger partial charge in [0.15, 0.2) is 0 Å². The molecule has 2 nitrogen and oxygen atoms in total. The van der Waals surface area contributed by atoms with Crippen LogP contribution in [0.5, 0.6) is 0 Å². The van der Waals surface area contributed by atoms with Crippen LogP contribution in [0, 0.1) is 5.92 Å². The molecule has 0 aromatic rings. The molecule has 64 valence electrons. The highest BCUT2D eigenvalue weighted by Crippen LogP contribution is 2.23. The number of halogens is 3. The van der Waals surface area contributed by atoms with Gasteiger partial charge in [-0.1, -0.05) is 0 Å². The maximum atomic E-state index is 11.7. The van der Waals surface area contributed by atoms with Crippen molar-refractivity contribution in [3.63, 3.8) is 0 Å². The molecule has 11 heavy (non-hydrogen) atoms. The van der Waals surface area contributed by atoms with E-state index in [1.807, 2.05) is 0 Å². The number of rotatable bonds is 2. The molecular weight excluding hydrogens is 176 g/mol. The molecule has 1 aliphatic heterocycles. The standard InChI is InChI=1S/C6H8ClF2NO/c7-6(11)10-2-4(3-10)1-5(8)9/h4-5H,1-3H2. The average molecular weight is 184 g/mol. The van der Waals surface area contributed by atoms with Gasteiger partial charge in [-0.3, -0.25) is 4.79 Å². The number of likely N-dealkylation sites (tertiary alicyclic amines) is 1. The largest absolute Gasteiger partial charge is 0.329 e. The van der Waals surface area contributed by atoms with Gasteiger partial charge in [0.05, 0.1) is 0 Å². The zero-order chi connectivity index (χ0) is 8.43. The first-order valence-electron chi connectivity index (χ1n) is 3.32. The molecule has 0 unspecified atom stereocenters. The van der Waals surface area contributed by atoms with E-state index in [1.54, 1.807) is 0 Å². The number of amides is 1. The van der Waals surface area contributed by atoms with Crippen molar-refractivity contribution < 1.29 is 13.6 Å². The molecule has 0 bridgehead atoms. The second kappa shape index (κ2) is 3.34. The molecule has 0 aromatic heterocycles. The lowest BCUT2D eigenvalue weighted by Crippen LogP contribution is -2.48. The average Bonchev–Trinajstić information content (AvgIpc) is 1.75. The number of hydrogen-bond donors (Lipinski definition) is 0. The topological polar surface area (TPSA) is 20.3 Å². The van der Waals surface area contributed by atoms with Crippen LogP contribution in [-0.2, 0) is 0 Å². The van der Waals surface area contributed by atoms with E-state index in [0.29, 0.717) is 13.1 Å². The summed E-state index contributed by atoms with van der Waals surface area (Å²) in [6.45, 7) is 0.763. The minimum atomic E-state index is -2.27.